The highest BCUT2D eigenvalue weighted by atomic mass is 19.1. The molecule has 0 amide bonds. The Morgan fingerprint density at radius 3 is 2.48 bits per heavy atom. The van der Waals surface area contributed by atoms with Crippen LogP contribution in [0.3, 0.4) is 0 Å². The van der Waals surface area contributed by atoms with Crippen LogP contribution in [0.4, 0.5) is 10.1 Å². The Hall–Kier alpha value is -3.01. The summed E-state index contributed by atoms with van der Waals surface area (Å²) in [4.78, 5) is 0. The lowest BCUT2D eigenvalue weighted by Crippen LogP contribution is -2.03. The van der Waals surface area contributed by atoms with Gasteiger partial charge in [-0.05, 0) is 66.4 Å². The van der Waals surface area contributed by atoms with E-state index in [1.807, 2.05) is 24.3 Å². The third kappa shape index (κ3) is 4.79. The summed E-state index contributed by atoms with van der Waals surface area (Å²) in [5.74, 6) is 1.03. The first-order valence-corrected chi connectivity index (χ1v) is 8.91. The molecule has 1 N–H and O–H groups in total. The second kappa shape index (κ2) is 8.58. The fourth-order valence-corrected chi connectivity index (χ4v) is 2.87. The number of hydrogen-bond donors (Lipinski definition) is 1. The lowest BCUT2D eigenvalue weighted by Gasteiger charge is -2.14. The molecule has 0 saturated heterocycles. The quantitative estimate of drug-likeness (QED) is 0.587. The predicted octanol–water partition coefficient (Wildman–Crippen LogP) is 5.64. The third-order valence-corrected chi connectivity index (χ3v) is 4.60. The summed E-state index contributed by atoms with van der Waals surface area (Å²) in [5.41, 5.74) is 5.50. The minimum Gasteiger partial charge on any atom is -0.493 e. The average Bonchev–Trinajstić information content (AvgIpc) is 2.68. The van der Waals surface area contributed by atoms with Crippen molar-refractivity contribution in [2.75, 3.05) is 12.4 Å². The van der Waals surface area contributed by atoms with E-state index in [1.54, 1.807) is 13.2 Å². The monoisotopic (exact) mass is 365 g/mol. The Kier molecular flexibility index (Phi) is 5.97. The number of rotatable bonds is 7. The SMILES string of the molecule is COc1cc(CNc2cccc(C)c2C)ccc1OCc1cccc(F)c1. The second-order valence-corrected chi connectivity index (χ2v) is 6.50. The zero-order valence-corrected chi connectivity index (χ0v) is 15.9. The van der Waals surface area contributed by atoms with E-state index in [0.29, 0.717) is 18.0 Å². The lowest BCUT2D eigenvalue weighted by molar-refractivity contribution is 0.284. The van der Waals surface area contributed by atoms with Gasteiger partial charge in [0.05, 0.1) is 7.11 Å². The zero-order chi connectivity index (χ0) is 19.2. The molecule has 0 aromatic heterocycles. The molecule has 0 unspecified atom stereocenters. The number of benzene rings is 3. The van der Waals surface area contributed by atoms with Gasteiger partial charge in [0, 0.05) is 12.2 Å². The molecule has 3 aromatic rings. The van der Waals surface area contributed by atoms with Crippen molar-refractivity contribution in [1.82, 2.24) is 0 Å². The van der Waals surface area contributed by atoms with Crippen molar-refractivity contribution < 1.29 is 13.9 Å². The smallest absolute Gasteiger partial charge is 0.161 e. The standard InChI is InChI=1S/C23H24FNO2/c1-16-6-4-9-21(17(16)2)25-14-18-10-11-22(23(13-18)26-3)27-15-19-7-5-8-20(24)12-19/h4-13,25H,14-15H2,1-3H3. The maximum Gasteiger partial charge on any atom is 0.161 e. The summed E-state index contributed by atoms with van der Waals surface area (Å²) in [5, 5.41) is 3.47. The summed E-state index contributed by atoms with van der Waals surface area (Å²) in [6.45, 7) is 5.19. The van der Waals surface area contributed by atoms with E-state index in [4.69, 9.17) is 9.47 Å². The highest BCUT2D eigenvalue weighted by Crippen LogP contribution is 2.29. The molecule has 0 radical (unpaired) electrons. The summed E-state index contributed by atoms with van der Waals surface area (Å²) >= 11 is 0. The zero-order valence-electron chi connectivity index (χ0n) is 15.9. The minimum atomic E-state index is -0.268. The van der Waals surface area contributed by atoms with Crippen molar-refractivity contribution >= 4 is 5.69 Å². The molecule has 0 fully saturated rings. The fourth-order valence-electron chi connectivity index (χ4n) is 2.87. The maximum absolute atomic E-state index is 13.3. The molecule has 140 valence electrons. The van der Waals surface area contributed by atoms with Crippen LogP contribution in [0.5, 0.6) is 11.5 Å². The van der Waals surface area contributed by atoms with Crippen LogP contribution in [0.2, 0.25) is 0 Å². The molecule has 0 aliphatic heterocycles. The molecule has 0 saturated carbocycles. The van der Waals surface area contributed by atoms with E-state index in [9.17, 15) is 4.39 Å². The first-order chi connectivity index (χ1) is 13.1. The van der Waals surface area contributed by atoms with Gasteiger partial charge in [-0.3, -0.25) is 0 Å². The Balaban J connectivity index is 1.67. The van der Waals surface area contributed by atoms with Gasteiger partial charge in [0.15, 0.2) is 11.5 Å². The van der Waals surface area contributed by atoms with Crippen LogP contribution >= 0.6 is 0 Å². The second-order valence-electron chi connectivity index (χ2n) is 6.50. The molecular weight excluding hydrogens is 341 g/mol. The first kappa shape index (κ1) is 18.8. The Labute approximate surface area is 159 Å². The van der Waals surface area contributed by atoms with Gasteiger partial charge < -0.3 is 14.8 Å². The fraction of sp³-hybridized carbons (Fsp3) is 0.217. The van der Waals surface area contributed by atoms with Gasteiger partial charge in [-0.2, -0.15) is 0 Å². The number of nitrogens with one attached hydrogen (secondary N) is 1. The molecule has 0 bridgehead atoms. The third-order valence-electron chi connectivity index (χ3n) is 4.60. The number of anilines is 1. The highest BCUT2D eigenvalue weighted by molar-refractivity contribution is 5.54. The van der Waals surface area contributed by atoms with Crippen LogP contribution in [0.15, 0.2) is 60.7 Å². The van der Waals surface area contributed by atoms with Gasteiger partial charge in [-0.15, -0.1) is 0 Å². The summed E-state index contributed by atoms with van der Waals surface area (Å²) < 4.78 is 24.6. The van der Waals surface area contributed by atoms with Crippen molar-refractivity contribution in [1.29, 1.82) is 0 Å². The van der Waals surface area contributed by atoms with Crippen molar-refractivity contribution in [3.8, 4) is 11.5 Å². The number of methoxy groups -OCH3 is 1. The predicted molar refractivity (Wildman–Crippen MR) is 107 cm³/mol. The van der Waals surface area contributed by atoms with E-state index in [2.05, 4.69) is 37.4 Å². The topological polar surface area (TPSA) is 30.5 Å². The number of aryl methyl sites for hydroxylation is 1. The van der Waals surface area contributed by atoms with Gasteiger partial charge in [-0.25, -0.2) is 4.39 Å². The van der Waals surface area contributed by atoms with Crippen LogP contribution < -0.4 is 14.8 Å². The summed E-state index contributed by atoms with van der Waals surface area (Å²) in [6.07, 6.45) is 0. The van der Waals surface area contributed by atoms with Gasteiger partial charge in [-0.1, -0.05) is 30.3 Å². The van der Waals surface area contributed by atoms with Crippen LogP contribution in [-0.2, 0) is 13.2 Å². The van der Waals surface area contributed by atoms with Crippen molar-refractivity contribution in [2.45, 2.75) is 27.0 Å². The van der Waals surface area contributed by atoms with E-state index in [0.717, 1.165) is 16.8 Å². The molecule has 0 spiro atoms. The first-order valence-electron chi connectivity index (χ1n) is 8.91. The molecule has 0 atom stereocenters. The molecule has 3 rings (SSSR count). The van der Waals surface area contributed by atoms with Crippen molar-refractivity contribution in [3.05, 3.63) is 88.7 Å². The largest absolute Gasteiger partial charge is 0.493 e. The number of hydrogen-bond acceptors (Lipinski definition) is 3. The maximum atomic E-state index is 13.3. The van der Waals surface area contributed by atoms with E-state index in [1.165, 1.54) is 23.3 Å². The van der Waals surface area contributed by atoms with E-state index in [-0.39, 0.29) is 12.4 Å². The van der Waals surface area contributed by atoms with Crippen LogP contribution in [0.25, 0.3) is 0 Å². The Morgan fingerprint density at radius 2 is 1.70 bits per heavy atom. The minimum absolute atomic E-state index is 0.268. The van der Waals surface area contributed by atoms with Crippen LogP contribution in [0, 0.1) is 19.7 Å². The highest BCUT2D eigenvalue weighted by Gasteiger charge is 2.08. The molecular formula is C23H24FNO2. The molecule has 4 heteroatoms. The Morgan fingerprint density at radius 1 is 0.889 bits per heavy atom. The van der Waals surface area contributed by atoms with Gasteiger partial charge in [0.25, 0.3) is 0 Å². The summed E-state index contributed by atoms with van der Waals surface area (Å²) in [7, 11) is 1.62. The normalized spacial score (nSPS) is 10.5. The Bertz CT molecular complexity index is 924. The van der Waals surface area contributed by atoms with Gasteiger partial charge >= 0.3 is 0 Å². The van der Waals surface area contributed by atoms with Gasteiger partial charge in [0.1, 0.15) is 12.4 Å². The number of halogens is 1. The molecule has 0 aliphatic rings. The number of ether oxygens (including phenoxy) is 2. The molecule has 27 heavy (non-hydrogen) atoms. The molecule has 3 nitrogen and oxygen atoms in total. The summed E-state index contributed by atoms with van der Waals surface area (Å²) in [6, 6.07) is 18.5. The molecule has 0 aliphatic carbocycles. The van der Waals surface area contributed by atoms with Crippen LogP contribution in [-0.4, -0.2) is 7.11 Å². The van der Waals surface area contributed by atoms with E-state index >= 15 is 0 Å². The average molecular weight is 365 g/mol. The van der Waals surface area contributed by atoms with Crippen molar-refractivity contribution in [2.24, 2.45) is 0 Å². The van der Waals surface area contributed by atoms with Crippen LogP contribution in [0.1, 0.15) is 22.3 Å². The van der Waals surface area contributed by atoms with Gasteiger partial charge in [0.2, 0.25) is 0 Å². The lowest BCUT2D eigenvalue weighted by atomic mass is 10.1. The molecule has 0 heterocycles. The van der Waals surface area contributed by atoms with Crippen molar-refractivity contribution in [3.63, 3.8) is 0 Å². The molecule has 3 aromatic carbocycles. The van der Waals surface area contributed by atoms with E-state index < -0.39 is 0 Å².